The molecule has 1 aliphatic rings. The van der Waals surface area contributed by atoms with E-state index in [2.05, 4.69) is 4.99 Å². The van der Waals surface area contributed by atoms with Gasteiger partial charge in [-0.05, 0) is 31.5 Å². The molecule has 2 amide bonds. The molecule has 1 aliphatic heterocycles. The molecule has 0 unspecified atom stereocenters. The summed E-state index contributed by atoms with van der Waals surface area (Å²) in [5, 5.41) is 9.36. The molecule has 1 saturated heterocycles. The molecule has 0 bridgehead atoms. The number of ether oxygens (including phenoxy) is 2. The molecule has 178 valence electrons. The first kappa shape index (κ1) is 24.2. The summed E-state index contributed by atoms with van der Waals surface area (Å²) in [6, 6.07) is 3.74. The second-order valence-electron chi connectivity index (χ2n) is 7.49. The van der Waals surface area contributed by atoms with Crippen molar-refractivity contribution in [3.8, 4) is 5.75 Å². The first-order valence-electron chi connectivity index (χ1n) is 9.36. The van der Waals surface area contributed by atoms with Crippen LogP contribution in [-0.4, -0.2) is 46.7 Å². The second kappa shape index (κ2) is 8.46. The van der Waals surface area contributed by atoms with E-state index in [1.54, 1.807) is 0 Å². The van der Waals surface area contributed by atoms with Gasteiger partial charge in [0, 0.05) is 17.7 Å². The predicted molar refractivity (Wildman–Crippen MR) is 100 cm³/mol. The quantitative estimate of drug-likeness (QED) is 0.521. The molecule has 2 aromatic rings. The molecule has 0 saturated carbocycles. The molecular weight excluding hydrogens is 457 g/mol. The Morgan fingerprint density at radius 1 is 1.30 bits per heavy atom. The van der Waals surface area contributed by atoms with E-state index in [0.29, 0.717) is 10.8 Å². The number of hydrogen-bond donors (Lipinski definition) is 2. The Balaban J connectivity index is 2.12. The largest absolute Gasteiger partial charge is 0.493 e. The fraction of sp³-hybridized carbons (Fsp3) is 0.350. The van der Waals surface area contributed by atoms with Crippen molar-refractivity contribution >= 4 is 11.8 Å². The van der Waals surface area contributed by atoms with Gasteiger partial charge in [0.25, 0.3) is 11.8 Å². The van der Waals surface area contributed by atoms with Crippen molar-refractivity contribution in [2.75, 3.05) is 7.11 Å². The number of hydrogen-bond acceptors (Lipinski definition) is 5. The molecule has 0 radical (unpaired) electrons. The summed E-state index contributed by atoms with van der Waals surface area (Å²) in [5.74, 6) is -7.04. The molecule has 33 heavy (non-hydrogen) atoms. The van der Waals surface area contributed by atoms with Gasteiger partial charge < -0.3 is 20.4 Å². The van der Waals surface area contributed by atoms with Gasteiger partial charge in [-0.1, -0.05) is 6.07 Å². The average Bonchev–Trinajstić information content (AvgIpc) is 3.10. The van der Waals surface area contributed by atoms with E-state index in [1.807, 2.05) is 0 Å². The van der Waals surface area contributed by atoms with Crippen LogP contribution in [0.3, 0.4) is 0 Å². The van der Waals surface area contributed by atoms with Crippen molar-refractivity contribution in [3.63, 3.8) is 0 Å². The van der Waals surface area contributed by atoms with Crippen molar-refractivity contribution < 1.29 is 46.2 Å². The maximum absolute atomic E-state index is 14.2. The Bertz CT molecular complexity index is 1180. The van der Waals surface area contributed by atoms with Crippen molar-refractivity contribution in [2.45, 2.75) is 37.1 Å². The normalized spacial score (nSPS) is 23.5. The van der Waals surface area contributed by atoms with Crippen molar-refractivity contribution in [1.29, 1.82) is 0 Å². The second-order valence-corrected chi connectivity index (χ2v) is 7.49. The number of carbonyl (C=O) groups is 2. The van der Waals surface area contributed by atoms with Gasteiger partial charge in [0.15, 0.2) is 17.2 Å². The number of aromatic nitrogens is 1. The summed E-state index contributed by atoms with van der Waals surface area (Å²) in [6.07, 6.45) is -6.62. The molecule has 0 spiro atoms. The average molecular weight is 475 g/mol. The number of nitrogens with zero attached hydrogens (tertiary/aromatic N) is 2. The first-order chi connectivity index (χ1) is 15.3. The highest BCUT2D eigenvalue weighted by atomic mass is 19.4. The van der Waals surface area contributed by atoms with Gasteiger partial charge in [0.05, 0.1) is 12.5 Å². The van der Waals surface area contributed by atoms with E-state index in [4.69, 9.17) is 15.2 Å². The zero-order valence-corrected chi connectivity index (χ0v) is 17.2. The summed E-state index contributed by atoms with van der Waals surface area (Å²) in [4.78, 5) is 27.9. The fourth-order valence-corrected chi connectivity index (χ4v) is 3.59. The lowest BCUT2D eigenvalue weighted by Crippen LogP contribution is -2.43. The van der Waals surface area contributed by atoms with Crippen LogP contribution in [0.1, 0.15) is 35.3 Å². The minimum atomic E-state index is -4.90. The summed E-state index contributed by atoms with van der Waals surface area (Å²) in [6.45, 7) is 0.724. The number of halogens is 5. The lowest BCUT2D eigenvalue weighted by Gasteiger charge is -2.26. The van der Waals surface area contributed by atoms with Gasteiger partial charge in [0.1, 0.15) is 11.8 Å². The number of primary amides is 1. The van der Waals surface area contributed by atoms with Crippen LogP contribution in [0, 0.1) is 11.6 Å². The molecule has 1 aromatic heterocycles. The number of amides is 2. The van der Waals surface area contributed by atoms with Crippen LogP contribution in [0.5, 0.6) is 5.75 Å². The number of pyridine rings is 1. The Labute approximate surface area is 183 Å². The first-order valence-corrected chi connectivity index (χ1v) is 9.36. The van der Waals surface area contributed by atoms with Gasteiger partial charge >= 0.3 is 6.18 Å². The lowest BCUT2D eigenvalue weighted by molar-refractivity contribution is -0.262. The number of nitrogens with two attached hydrogens (primary N) is 1. The maximum atomic E-state index is 14.2. The number of rotatable bonds is 4. The highest BCUT2D eigenvalue weighted by molar-refractivity contribution is 5.91. The third kappa shape index (κ3) is 4.40. The van der Waals surface area contributed by atoms with Crippen molar-refractivity contribution in [1.82, 2.24) is 4.73 Å². The summed E-state index contributed by atoms with van der Waals surface area (Å²) >= 11 is 0. The third-order valence-corrected chi connectivity index (χ3v) is 5.30. The summed E-state index contributed by atoms with van der Waals surface area (Å²) in [5.41, 5.74) is 1.64. The van der Waals surface area contributed by atoms with Crippen molar-refractivity contribution in [2.24, 2.45) is 10.7 Å². The molecule has 3 rings (SSSR count). The molecule has 1 fully saturated rings. The van der Waals surface area contributed by atoms with E-state index in [1.165, 1.54) is 0 Å². The molecule has 3 N–H and O–H groups in total. The molecule has 1 aromatic carbocycles. The van der Waals surface area contributed by atoms with E-state index in [0.717, 1.165) is 38.4 Å². The molecule has 3 atom stereocenters. The summed E-state index contributed by atoms with van der Waals surface area (Å²) in [7, 11) is 1.00. The highest BCUT2D eigenvalue weighted by Gasteiger charge is 2.61. The van der Waals surface area contributed by atoms with Gasteiger partial charge in [-0.15, -0.1) is 0 Å². The van der Waals surface area contributed by atoms with Crippen LogP contribution in [0.2, 0.25) is 0 Å². The SMILES string of the molecule is COc1c([C@H]2C[C@@](C)(C(F)(F)F)O[C@H]2C(=O)N=c2ccn(O)c(C(N)=O)c2)ccc(F)c1F. The molecular formula is C20H18F5N3O5. The topological polar surface area (TPSA) is 116 Å². The molecule has 8 nitrogen and oxygen atoms in total. The van der Waals surface area contributed by atoms with Gasteiger partial charge in [-0.3, -0.25) is 9.59 Å². The van der Waals surface area contributed by atoms with Crippen LogP contribution in [0.25, 0.3) is 0 Å². The van der Waals surface area contributed by atoms with E-state index in [9.17, 15) is 36.7 Å². The lowest BCUT2D eigenvalue weighted by atomic mass is 9.86. The van der Waals surface area contributed by atoms with Gasteiger partial charge in [0.2, 0.25) is 5.82 Å². The Morgan fingerprint density at radius 3 is 2.55 bits per heavy atom. The van der Waals surface area contributed by atoms with Crippen LogP contribution in [0.15, 0.2) is 35.5 Å². The maximum Gasteiger partial charge on any atom is 0.417 e. The number of benzene rings is 1. The zero-order chi connectivity index (χ0) is 24.7. The Morgan fingerprint density at radius 2 is 1.97 bits per heavy atom. The fourth-order valence-electron chi connectivity index (χ4n) is 3.59. The van der Waals surface area contributed by atoms with Crippen LogP contribution < -0.4 is 15.8 Å². The summed E-state index contributed by atoms with van der Waals surface area (Å²) < 4.78 is 79.3. The Hall–Kier alpha value is -3.48. The van der Waals surface area contributed by atoms with Crippen molar-refractivity contribution in [3.05, 3.63) is 58.7 Å². The standard InChI is InChI=1S/C20H18F5N3O5/c1-19(20(23,24)25)8-11(10-3-4-12(21)14(22)15(10)32-2)16(33-19)18(30)27-9-5-6-28(31)13(7-9)17(26)29/h3-7,11,16,31H,8H2,1-2H3,(H2,26,29)/t11-,16-,19+/m1/s1. The number of carbonyl (C=O) groups excluding carboxylic acids is 2. The van der Waals surface area contributed by atoms with E-state index >= 15 is 0 Å². The number of methoxy groups -OCH3 is 1. The monoisotopic (exact) mass is 475 g/mol. The minimum Gasteiger partial charge on any atom is -0.493 e. The molecule has 0 aliphatic carbocycles. The highest BCUT2D eigenvalue weighted by Crippen LogP contribution is 2.51. The zero-order valence-electron chi connectivity index (χ0n) is 17.2. The predicted octanol–water partition coefficient (Wildman–Crippen LogP) is 2.43. The van der Waals surface area contributed by atoms with Crippen LogP contribution in [0.4, 0.5) is 22.0 Å². The van der Waals surface area contributed by atoms with E-state index < -0.39 is 65.1 Å². The number of alkyl halides is 3. The third-order valence-electron chi connectivity index (χ3n) is 5.30. The van der Waals surface area contributed by atoms with Crippen LogP contribution in [-0.2, 0) is 9.53 Å². The van der Waals surface area contributed by atoms with Gasteiger partial charge in [-0.25, -0.2) is 9.38 Å². The smallest absolute Gasteiger partial charge is 0.417 e. The van der Waals surface area contributed by atoms with Crippen LogP contribution >= 0.6 is 0 Å². The molecule has 13 heteroatoms. The molecule has 2 heterocycles. The van der Waals surface area contributed by atoms with Gasteiger partial charge in [-0.2, -0.15) is 22.3 Å². The van der Waals surface area contributed by atoms with E-state index in [-0.39, 0.29) is 10.9 Å². The Kier molecular flexibility index (Phi) is 6.20. The minimum absolute atomic E-state index is 0.209.